The molecule has 1 rings (SSSR count). The molecule has 0 amide bonds. The maximum Gasteiger partial charge on any atom is 0.133 e. The van der Waals surface area contributed by atoms with Gasteiger partial charge in [-0.1, -0.05) is 63.4 Å². The van der Waals surface area contributed by atoms with Crippen LogP contribution in [0.3, 0.4) is 0 Å². The highest BCUT2D eigenvalue weighted by atomic mass is 16.1. The first kappa shape index (κ1) is 15.9. The number of Topliss-reactive ketones (excluding diaryl/α,β-unsaturated/α-hetero) is 1. The minimum Gasteiger partial charge on any atom is -0.300 e. The monoisotopic (exact) mass is 260 g/mol. The molecular formula is C18H28O. The van der Waals surface area contributed by atoms with Crippen molar-refractivity contribution in [2.75, 3.05) is 0 Å². The van der Waals surface area contributed by atoms with E-state index in [1.54, 1.807) is 0 Å². The zero-order valence-corrected chi connectivity index (χ0v) is 12.5. The van der Waals surface area contributed by atoms with Crippen LogP contribution in [-0.4, -0.2) is 5.78 Å². The number of hydrogen-bond donors (Lipinski definition) is 0. The second kappa shape index (κ2) is 9.77. The molecule has 0 radical (unpaired) electrons. The molecule has 0 fully saturated rings. The van der Waals surface area contributed by atoms with E-state index < -0.39 is 0 Å². The first-order valence-corrected chi connectivity index (χ1v) is 7.78. The van der Waals surface area contributed by atoms with Gasteiger partial charge < -0.3 is 0 Å². The van der Waals surface area contributed by atoms with E-state index in [0.29, 0.717) is 11.7 Å². The fourth-order valence-electron chi connectivity index (χ4n) is 2.43. The van der Waals surface area contributed by atoms with Crippen molar-refractivity contribution < 1.29 is 4.79 Å². The van der Waals surface area contributed by atoms with Gasteiger partial charge >= 0.3 is 0 Å². The summed E-state index contributed by atoms with van der Waals surface area (Å²) in [6.45, 7) is 4.35. The maximum absolute atomic E-state index is 11.7. The van der Waals surface area contributed by atoms with Crippen LogP contribution in [0, 0.1) is 5.92 Å². The SMILES string of the molecule is CCCCC(=O)C[C@@H](C)CCCCc1ccccc1. The van der Waals surface area contributed by atoms with Crippen LogP contribution in [0.1, 0.15) is 64.4 Å². The Balaban J connectivity index is 2.07. The largest absolute Gasteiger partial charge is 0.300 e. The summed E-state index contributed by atoms with van der Waals surface area (Å²) in [6, 6.07) is 10.7. The molecule has 0 aromatic heterocycles. The number of unbranched alkanes of at least 4 members (excludes halogenated alkanes) is 2. The minimum absolute atomic E-state index is 0.456. The summed E-state index contributed by atoms with van der Waals surface area (Å²) in [5.41, 5.74) is 1.43. The number of carbonyl (C=O) groups is 1. The predicted molar refractivity (Wildman–Crippen MR) is 82.3 cm³/mol. The van der Waals surface area contributed by atoms with Crippen LogP contribution < -0.4 is 0 Å². The lowest BCUT2D eigenvalue weighted by atomic mass is 9.95. The molecule has 0 heterocycles. The summed E-state index contributed by atoms with van der Waals surface area (Å²) in [5.74, 6) is 1.01. The number of ketones is 1. The highest BCUT2D eigenvalue weighted by molar-refractivity contribution is 5.78. The molecule has 0 aliphatic carbocycles. The van der Waals surface area contributed by atoms with E-state index in [1.165, 1.54) is 24.8 Å². The van der Waals surface area contributed by atoms with Crippen LogP contribution in [-0.2, 0) is 11.2 Å². The number of hydrogen-bond acceptors (Lipinski definition) is 1. The van der Waals surface area contributed by atoms with Gasteiger partial charge in [0, 0.05) is 12.8 Å². The van der Waals surface area contributed by atoms with Crippen molar-refractivity contribution in [2.24, 2.45) is 5.92 Å². The van der Waals surface area contributed by atoms with E-state index in [4.69, 9.17) is 0 Å². The summed E-state index contributed by atoms with van der Waals surface area (Å²) >= 11 is 0. The molecule has 1 atom stereocenters. The minimum atomic E-state index is 0.456. The Morgan fingerprint density at radius 1 is 1.11 bits per heavy atom. The average molecular weight is 260 g/mol. The first-order chi connectivity index (χ1) is 9.22. The van der Waals surface area contributed by atoms with Crippen LogP contribution in [0.2, 0.25) is 0 Å². The van der Waals surface area contributed by atoms with Gasteiger partial charge in [-0.25, -0.2) is 0 Å². The normalized spacial score (nSPS) is 12.3. The summed E-state index contributed by atoms with van der Waals surface area (Å²) in [6.07, 6.45) is 8.56. The number of carbonyl (C=O) groups excluding carboxylic acids is 1. The van der Waals surface area contributed by atoms with Crippen molar-refractivity contribution in [1.29, 1.82) is 0 Å². The summed E-state index contributed by atoms with van der Waals surface area (Å²) in [5, 5.41) is 0. The molecule has 0 saturated heterocycles. The molecule has 1 heteroatoms. The number of benzene rings is 1. The van der Waals surface area contributed by atoms with Gasteiger partial charge in [0.2, 0.25) is 0 Å². The molecule has 0 unspecified atom stereocenters. The summed E-state index contributed by atoms with van der Waals surface area (Å²) in [4.78, 5) is 11.7. The van der Waals surface area contributed by atoms with E-state index >= 15 is 0 Å². The molecule has 1 aromatic rings. The molecule has 1 aromatic carbocycles. The van der Waals surface area contributed by atoms with E-state index in [9.17, 15) is 4.79 Å². The third-order valence-corrected chi connectivity index (χ3v) is 3.64. The Bertz CT molecular complexity index is 342. The molecule has 0 saturated carbocycles. The van der Waals surface area contributed by atoms with Gasteiger partial charge in [-0.3, -0.25) is 4.79 Å². The molecule has 0 aliphatic heterocycles. The summed E-state index contributed by atoms with van der Waals surface area (Å²) in [7, 11) is 0. The molecule has 0 bridgehead atoms. The third kappa shape index (κ3) is 7.81. The van der Waals surface area contributed by atoms with Crippen LogP contribution in [0.4, 0.5) is 0 Å². The maximum atomic E-state index is 11.7. The van der Waals surface area contributed by atoms with Crippen LogP contribution in [0.5, 0.6) is 0 Å². The molecular weight excluding hydrogens is 232 g/mol. The fraction of sp³-hybridized carbons (Fsp3) is 0.611. The van der Waals surface area contributed by atoms with Gasteiger partial charge in [-0.15, -0.1) is 0 Å². The molecule has 1 nitrogen and oxygen atoms in total. The zero-order chi connectivity index (χ0) is 13.9. The van der Waals surface area contributed by atoms with Crippen LogP contribution >= 0.6 is 0 Å². The first-order valence-electron chi connectivity index (χ1n) is 7.78. The van der Waals surface area contributed by atoms with E-state index in [1.807, 2.05) is 0 Å². The molecule has 0 spiro atoms. The Hall–Kier alpha value is -1.11. The van der Waals surface area contributed by atoms with Crippen molar-refractivity contribution in [2.45, 2.75) is 65.2 Å². The standard InChI is InChI=1S/C18H28O/c1-3-4-14-18(19)15-16(2)10-8-9-13-17-11-6-5-7-12-17/h5-7,11-12,16H,3-4,8-10,13-15H2,1-2H3/t16-/m0/s1. The van der Waals surface area contributed by atoms with E-state index in [-0.39, 0.29) is 0 Å². The van der Waals surface area contributed by atoms with Crippen LogP contribution in [0.25, 0.3) is 0 Å². The average Bonchev–Trinajstić information content (AvgIpc) is 2.42. The zero-order valence-electron chi connectivity index (χ0n) is 12.5. The van der Waals surface area contributed by atoms with Crippen molar-refractivity contribution in [3.63, 3.8) is 0 Å². The van der Waals surface area contributed by atoms with Gasteiger partial charge in [0.1, 0.15) is 5.78 Å². The highest BCUT2D eigenvalue weighted by Crippen LogP contribution is 2.15. The van der Waals surface area contributed by atoms with E-state index in [0.717, 1.165) is 32.1 Å². The second-order valence-electron chi connectivity index (χ2n) is 5.68. The highest BCUT2D eigenvalue weighted by Gasteiger charge is 2.08. The number of aryl methyl sites for hydroxylation is 1. The van der Waals surface area contributed by atoms with E-state index in [2.05, 4.69) is 44.2 Å². The lowest BCUT2D eigenvalue weighted by Gasteiger charge is -2.10. The lowest BCUT2D eigenvalue weighted by molar-refractivity contribution is -0.120. The van der Waals surface area contributed by atoms with Crippen molar-refractivity contribution in [3.8, 4) is 0 Å². The fourth-order valence-corrected chi connectivity index (χ4v) is 2.43. The predicted octanol–water partition coefficient (Wildman–Crippen LogP) is 5.18. The van der Waals surface area contributed by atoms with Crippen molar-refractivity contribution in [3.05, 3.63) is 35.9 Å². The number of rotatable bonds is 10. The Labute approximate surface area is 118 Å². The second-order valence-corrected chi connectivity index (χ2v) is 5.68. The van der Waals surface area contributed by atoms with Gasteiger partial charge in [0.15, 0.2) is 0 Å². The van der Waals surface area contributed by atoms with Crippen molar-refractivity contribution in [1.82, 2.24) is 0 Å². The topological polar surface area (TPSA) is 17.1 Å². The Morgan fingerprint density at radius 2 is 1.84 bits per heavy atom. The lowest BCUT2D eigenvalue weighted by Crippen LogP contribution is -2.05. The quantitative estimate of drug-likeness (QED) is 0.529. The van der Waals surface area contributed by atoms with Gasteiger partial charge in [-0.05, 0) is 30.7 Å². The van der Waals surface area contributed by atoms with Crippen LogP contribution in [0.15, 0.2) is 30.3 Å². The Morgan fingerprint density at radius 3 is 2.53 bits per heavy atom. The third-order valence-electron chi connectivity index (χ3n) is 3.64. The molecule has 0 N–H and O–H groups in total. The molecule has 19 heavy (non-hydrogen) atoms. The smallest absolute Gasteiger partial charge is 0.133 e. The van der Waals surface area contributed by atoms with Gasteiger partial charge in [0.25, 0.3) is 0 Å². The van der Waals surface area contributed by atoms with Gasteiger partial charge in [-0.2, -0.15) is 0 Å². The molecule has 106 valence electrons. The Kier molecular flexibility index (Phi) is 8.20. The van der Waals surface area contributed by atoms with Gasteiger partial charge in [0.05, 0.1) is 0 Å². The summed E-state index contributed by atoms with van der Waals surface area (Å²) < 4.78 is 0. The molecule has 0 aliphatic rings. The van der Waals surface area contributed by atoms with Crippen molar-refractivity contribution >= 4 is 5.78 Å².